The summed E-state index contributed by atoms with van der Waals surface area (Å²) in [6.45, 7) is 2.39. The molecule has 2 N–H and O–H groups in total. The number of hydrogen-bond donors (Lipinski definition) is 2. The maximum Gasteiger partial charge on any atom is 0.191 e. The van der Waals surface area contributed by atoms with Crippen molar-refractivity contribution >= 4 is 47.4 Å². The molecule has 1 saturated carbocycles. The Hall–Kier alpha value is -1.61. The van der Waals surface area contributed by atoms with Gasteiger partial charge in [-0.25, -0.2) is 9.37 Å². The van der Waals surface area contributed by atoms with Gasteiger partial charge in [-0.15, -0.1) is 24.0 Å². The zero-order valence-electron chi connectivity index (χ0n) is 16.4. The molecule has 0 bridgehead atoms. The van der Waals surface area contributed by atoms with Gasteiger partial charge >= 0.3 is 0 Å². The molecule has 5 nitrogen and oxygen atoms in total. The summed E-state index contributed by atoms with van der Waals surface area (Å²) in [6.07, 6.45) is 4.73. The van der Waals surface area contributed by atoms with Gasteiger partial charge in [-0.1, -0.05) is 29.8 Å². The third-order valence-electron chi connectivity index (χ3n) is 5.68. The maximum absolute atomic E-state index is 14.2. The Labute approximate surface area is 193 Å². The summed E-state index contributed by atoms with van der Waals surface area (Å²) in [5.74, 6) is 1.46. The zero-order valence-corrected chi connectivity index (χ0v) is 19.5. The number of anilines is 1. The molecule has 4 rings (SSSR count). The minimum Gasteiger partial charge on any atom is -0.356 e. The molecule has 1 aromatic heterocycles. The molecule has 1 aliphatic carbocycles. The van der Waals surface area contributed by atoms with Crippen molar-refractivity contribution in [3.05, 3.63) is 59.0 Å². The lowest BCUT2D eigenvalue weighted by Crippen LogP contribution is -2.46. The first-order valence-electron chi connectivity index (χ1n) is 9.69. The summed E-state index contributed by atoms with van der Waals surface area (Å²) < 4.78 is 14.2. The van der Waals surface area contributed by atoms with Crippen molar-refractivity contribution in [2.24, 2.45) is 4.99 Å². The van der Waals surface area contributed by atoms with Crippen LogP contribution in [0.1, 0.15) is 24.8 Å². The van der Waals surface area contributed by atoms with E-state index in [-0.39, 0.29) is 41.3 Å². The number of aromatic nitrogens is 1. The van der Waals surface area contributed by atoms with Crippen molar-refractivity contribution in [3.8, 4) is 0 Å². The van der Waals surface area contributed by atoms with Crippen LogP contribution in [0.4, 0.5) is 10.2 Å². The summed E-state index contributed by atoms with van der Waals surface area (Å²) in [6, 6.07) is 11.0. The van der Waals surface area contributed by atoms with Crippen LogP contribution in [0.25, 0.3) is 0 Å². The predicted octanol–water partition coefficient (Wildman–Crippen LogP) is 3.97. The largest absolute Gasteiger partial charge is 0.356 e. The Morgan fingerprint density at radius 2 is 2.10 bits per heavy atom. The highest BCUT2D eigenvalue weighted by molar-refractivity contribution is 14.0. The van der Waals surface area contributed by atoms with E-state index < -0.39 is 0 Å². The molecular formula is C21H26ClFIN5. The molecule has 8 heteroatoms. The minimum atomic E-state index is -0.122. The second kappa shape index (κ2) is 9.47. The molecule has 1 aromatic carbocycles. The van der Waals surface area contributed by atoms with Crippen LogP contribution in [0.2, 0.25) is 5.02 Å². The van der Waals surface area contributed by atoms with E-state index in [1.807, 2.05) is 24.3 Å². The molecule has 0 radical (unpaired) electrons. The van der Waals surface area contributed by atoms with E-state index in [1.54, 1.807) is 25.4 Å². The molecule has 1 aliphatic heterocycles. The fourth-order valence-corrected chi connectivity index (χ4v) is 4.15. The van der Waals surface area contributed by atoms with Crippen LogP contribution in [0.3, 0.4) is 0 Å². The van der Waals surface area contributed by atoms with Gasteiger partial charge in [0.2, 0.25) is 0 Å². The molecule has 29 heavy (non-hydrogen) atoms. The summed E-state index contributed by atoms with van der Waals surface area (Å²) >= 11 is 6.27. The van der Waals surface area contributed by atoms with Crippen molar-refractivity contribution in [2.75, 3.05) is 31.6 Å². The smallest absolute Gasteiger partial charge is 0.191 e. The Balaban J connectivity index is 0.00000240. The first-order chi connectivity index (χ1) is 13.6. The lowest BCUT2D eigenvalue weighted by Gasteiger charge is -2.22. The van der Waals surface area contributed by atoms with E-state index in [4.69, 9.17) is 11.6 Å². The van der Waals surface area contributed by atoms with Crippen LogP contribution >= 0.6 is 35.6 Å². The number of nitrogens with zero attached hydrogens (tertiary/aromatic N) is 3. The van der Waals surface area contributed by atoms with Gasteiger partial charge in [0.15, 0.2) is 5.96 Å². The summed E-state index contributed by atoms with van der Waals surface area (Å²) in [5, 5.41) is 7.56. The summed E-state index contributed by atoms with van der Waals surface area (Å²) in [4.78, 5) is 10.9. The van der Waals surface area contributed by atoms with Crippen LogP contribution in [0.5, 0.6) is 0 Å². The Bertz CT molecular complexity index is 874. The van der Waals surface area contributed by atoms with E-state index in [0.717, 1.165) is 49.7 Å². The van der Waals surface area contributed by atoms with Crippen molar-refractivity contribution in [1.82, 2.24) is 15.6 Å². The van der Waals surface area contributed by atoms with Gasteiger partial charge in [-0.2, -0.15) is 0 Å². The topological polar surface area (TPSA) is 52.6 Å². The van der Waals surface area contributed by atoms with Crippen molar-refractivity contribution in [1.29, 1.82) is 0 Å². The van der Waals surface area contributed by atoms with Crippen LogP contribution in [-0.2, 0) is 5.41 Å². The predicted molar refractivity (Wildman–Crippen MR) is 127 cm³/mol. The summed E-state index contributed by atoms with van der Waals surface area (Å²) in [5.41, 5.74) is 0.682. The number of rotatable bonds is 5. The molecule has 2 aromatic rings. The van der Waals surface area contributed by atoms with Gasteiger partial charge < -0.3 is 15.5 Å². The molecule has 1 saturated heterocycles. The third kappa shape index (κ3) is 4.94. The number of nitrogens with one attached hydrogen (secondary N) is 2. The second-order valence-corrected chi connectivity index (χ2v) is 7.98. The number of aliphatic imine (C=N–C) groups is 1. The average molecular weight is 530 g/mol. The second-order valence-electron chi connectivity index (χ2n) is 7.57. The molecule has 0 amide bonds. The SMILES string of the molecule is CN=C(NCC1(c2ccccc2F)CC1)NC1CCN(c2ncccc2Cl)C1.I. The minimum absolute atomic E-state index is 0. The van der Waals surface area contributed by atoms with Crippen molar-refractivity contribution in [3.63, 3.8) is 0 Å². The van der Waals surface area contributed by atoms with E-state index >= 15 is 0 Å². The van der Waals surface area contributed by atoms with Crippen molar-refractivity contribution in [2.45, 2.75) is 30.7 Å². The Morgan fingerprint density at radius 1 is 1.31 bits per heavy atom. The average Bonchev–Trinajstić information content (AvgIpc) is 3.35. The lowest BCUT2D eigenvalue weighted by atomic mass is 9.95. The first-order valence-corrected chi connectivity index (χ1v) is 10.1. The van der Waals surface area contributed by atoms with Crippen LogP contribution in [-0.4, -0.2) is 43.7 Å². The molecule has 2 fully saturated rings. The maximum atomic E-state index is 14.2. The summed E-state index contributed by atoms with van der Waals surface area (Å²) in [7, 11) is 1.76. The van der Waals surface area contributed by atoms with Gasteiger partial charge in [0.25, 0.3) is 0 Å². The van der Waals surface area contributed by atoms with Gasteiger partial charge in [0.1, 0.15) is 11.6 Å². The van der Waals surface area contributed by atoms with Gasteiger partial charge in [0, 0.05) is 44.3 Å². The van der Waals surface area contributed by atoms with Crippen LogP contribution < -0.4 is 15.5 Å². The molecule has 2 heterocycles. The normalized spacial score (nSPS) is 20.2. The van der Waals surface area contributed by atoms with Crippen molar-refractivity contribution < 1.29 is 4.39 Å². The fourth-order valence-electron chi connectivity index (χ4n) is 3.90. The quantitative estimate of drug-likeness (QED) is 0.350. The fraction of sp³-hybridized carbons (Fsp3) is 0.429. The Kier molecular flexibility index (Phi) is 7.21. The molecular weight excluding hydrogens is 504 g/mol. The highest BCUT2D eigenvalue weighted by Crippen LogP contribution is 2.48. The standard InChI is InChI=1S/C21H25ClFN5.HI/c1-24-20(26-14-21(9-10-21)16-5-2-3-7-18(16)23)27-15-8-12-28(13-15)19-17(22)6-4-11-25-19;/h2-7,11,15H,8-10,12-14H2,1H3,(H2,24,26,27);1H. The first kappa shape index (κ1) is 22.1. The molecule has 2 aliphatic rings. The number of halogens is 3. The van der Waals surface area contributed by atoms with Gasteiger partial charge in [-0.05, 0) is 43.0 Å². The lowest BCUT2D eigenvalue weighted by molar-refractivity contribution is 0.556. The van der Waals surface area contributed by atoms with E-state index in [2.05, 4.69) is 25.5 Å². The highest BCUT2D eigenvalue weighted by atomic mass is 127. The van der Waals surface area contributed by atoms with E-state index in [9.17, 15) is 4.39 Å². The highest BCUT2D eigenvalue weighted by Gasteiger charge is 2.45. The van der Waals surface area contributed by atoms with Crippen LogP contribution in [0, 0.1) is 5.82 Å². The van der Waals surface area contributed by atoms with E-state index in [0.29, 0.717) is 11.6 Å². The molecule has 156 valence electrons. The number of benzene rings is 1. The Morgan fingerprint density at radius 3 is 2.79 bits per heavy atom. The number of hydrogen-bond acceptors (Lipinski definition) is 3. The molecule has 1 atom stereocenters. The van der Waals surface area contributed by atoms with E-state index in [1.165, 1.54) is 0 Å². The number of guanidine groups is 1. The van der Waals surface area contributed by atoms with Gasteiger partial charge in [0.05, 0.1) is 5.02 Å². The van der Waals surface area contributed by atoms with Crippen LogP contribution in [0.15, 0.2) is 47.6 Å². The number of pyridine rings is 1. The molecule has 0 spiro atoms. The monoisotopic (exact) mass is 529 g/mol. The third-order valence-corrected chi connectivity index (χ3v) is 5.98. The van der Waals surface area contributed by atoms with Gasteiger partial charge in [-0.3, -0.25) is 4.99 Å². The zero-order chi connectivity index (χ0) is 19.6. The molecule has 1 unspecified atom stereocenters.